The Bertz CT molecular complexity index is 932. The van der Waals surface area contributed by atoms with Crippen LogP contribution in [0.5, 0.6) is 0 Å². The van der Waals surface area contributed by atoms with E-state index in [2.05, 4.69) is 4.98 Å². The number of rotatable bonds is 5. The number of amides is 2. The highest BCUT2D eigenvalue weighted by Crippen LogP contribution is 2.25. The van der Waals surface area contributed by atoms with Gasteiger partial charge in [-0.15, -0.1) is 0 Å². The third-order valence-corrected chi connectivity index (χ3v) is 6.13. The Balaban J connectivity index is 1.53. The van der Waals surface area contributed by atoms with Crippen LogP contribution in [0.15, 0.2) is 53.5 Å². The van der Waals surface area contributed by atoms with Gasteiger partial charge in [0, 0.05) is 31.4 Å². The van der Waals surface area contributed by atoms with Crippen molar-refractivity contribution < 1.29 is 14.3 Å². The van der Waals surface area contributed by atoms with Crippen LogP contribution < -0.4 is 5.56 Å². The monoisotopic (exact) mass is 423 g/mol. The molecule has 2 fully saturated rings. The topological polar surface area (TPSA) is 82.7 Å². The van der Waals surface area contributed by atoms with Crippen LogP contribution in [0.4, 0.5) is 0 Å². The van der Waals surface area contributed by atoms with E-state index in [1.165, 1.54) is 24.8 Å². The lowest BCUT2D eigenvalue weighted by atomic mass is 9.94. The normalized spacial score (nSPS) is 20.5. The number of nitrogens with one attached hydrogen (secondary N) is 1. The summed E-state index contributed by atoms with van der Waals surface area (Å²) in [6.45, 7) is 1.28. The predicted molar refractivity (Wildman–Crippen MR) is 117 cm³/mol. The maximum Gasteiger partial charge on any atom is 0.255 e. The van der Waals surface area contributed by atoms with Crippen LogP contribution in [0.1, 0.15) is 48.0 Å². The van der Waals surface area contributed by atoms with Crippen molar-refractivity contribution in [2.45, 2.75) is 50.9 Å². The summed E-state index contributed by atoms with van der Waals surface area (Å²) in [7, 11) is 0. The Kier molecular flexibility index (Phi) is 6.82. The van der Waals surface area contributed by atoms with E-state index in [0.717, 1.165) is 31.2 Å². The van der Waals surface area contributed by atoms with Crippen LogP contribution >= 0.6 is 0 Å². The SMILES string of the molecule is O=C(c1ccc(=O)[nH]c1)N1CC(=O)N(C2CCCCC2)CC(OCc2ccccc2)C1. The molecule has 2 aromatic rings. The molecular weight excluding hydrogens is 394 g/mol. The maximum absolute atomic E-state index is 13.2. The Hall–Kier alpha value is -2.93. The van der Waals surface area contributed by atoms with E-state index in [-0.39, 0.29) is 36.1 Å². The lowest BCUT2D eigenvalue weighted by Gasteiger charge is -2.34. The summed E-state index contributed by atoms with van der Waals surface area (Å²) in [5, 5.41) is 0. The Labute approximate surface area is 182 Å². The van der Waals surface area contributed by atoms with E-state index in [1.807, 2.05) is 35.2 Å². The van der Waals surface area contributed by atoms with Gasteiger partial charge in [-0.2, -0.15) is 0 Å². The first-order valence-corrected chi connectivity index (χ1v) is 11.0. The molecule has 1 saturated carbocycles. The smallest absolute Gasteiger partial charge is 0.255 e. The fourth-order valence-electron chi connectivity index (χ4n) is 4.46. The van der Waals surface area contributed by atoms with Crippen molar-refractivity contribution in [2.75, 3.05) is 19.6 Å². The number of benzene rings is 1. The fraction of sp³-hybridized carbons (Fsp3) is 0.458. The molecule has 1 aliphatic heterocycles. The van der Waals surface area contributed by atoms with Crippen LogP contribution in [0, 0.1) is 0 Å². The van der Waals surface area contributed by atoms with Gasteiger partial charge in [-0.25, -0.2) is 0 Å². The number of ether oxygens (including phenoxy) is 1. The van der Waals surface area contributed by atoms with Crippen LogP contribution in [-0.4, -0.2) is 58.4 Å². The van der Waals surface area contributed by atoms with Gasteiger partial charge in [0.25, 0.3) is 5.91 Å². The predicted octanol–water partition coefficient (Wildman–Crippen LogP) is 2.58. The van der Waals surface area contributed by atoms with E-state index in [0.29, 0.717) is 25.3 Å². The van der Waals surface area contributed by atoms with E-state index in [4.69, 9.17) is 4.74 Å². The van der Waals surface area contributed by atoms with Crippen molar-refractivity contribution in [3.05, 3.63) is 70.1 Å². The molecule has 2 amide bonds. The van der Waals surface area contributed by atoms with Gasteiger partial charge in [0.05, 0.1) is 18.3 Å². The van der Waals surface area contributed by atoms with E-state index in [1.54, 1.807) is 4.90 Å². The molecule has 1 unspecified atom stereocenters. The molecule has 0 radical (unpaired) electrons. The van der Waals surface area contributed by atoms with Crippen molar-refractivity contribution in [3.8, 4) is 0 Å². The van der Waals surface area contributed by atoms with Crippen molar-refractivity contribution in [2.24, 2.45) is 0 Å². The standard InChI is InChI=1S/C24H29N3O4/c28-22-12-11-19(13-25-22)24(30)26-14-21(31-17-18-7-3-1-4-8-18)15-27(23(29)16-26)20-9-5-2-6-10-20/h1,3-4,7-8,11-13,20-21H,2,5-6,9-10,14-17H2,(H,25,28). The summed E-state index contributed by atoms with van der Waals surface area (Å²) < 4.78 is 6.21. The Morgan fingerprint density at radius 1 is 1.00 bits per heavy atom. The fourth-order valence-corrected chi connectivity index (χ4v) is 4.46. The van der Waals surface area contributed by atoms with Gasteiger partial charge in [0.2, 0.25) is 11.5 Å². The summed E-state index contributed by atoms with van der Waals surface area (Å²) in [4.78, 5) is 43.6. The molecule has 1 saturated heterocycles. The molecule has 7 nitrogen and oxygen atoms in total. The number of carbonyl (C=O) groups excluding carboxylic acids is 2. The zero-order valence-corrected chi connectivity index (χ0v) is 17.7. The molecule has 164 valence electrons. The molecule has 0 bridgehead atoms. The number of H-pyrrole nitrogens is 1. The highest BCUT2D eigenvalue weighted by Gasteiger charge is 2.35. The van der Waals surface area contributed by atoms with Crippen LogP contribution in [-0.2, 0) is 16.1 Å². The largest absolute Gasteiger partial charge is 0.370 e. The maximum atomic E-state index is 13.2. The number of carbonyl (C=O) groups is 2. The molecule has 4 rings (SSSR count). The number of pyridine rings is 1. The van der Waals surface area contributed by atoms with Gasteiger partial charge in [0.1, 0.15) is 6.54 Å². The van der Waals surface area contributed by atoms with Crippen molar-refractivity contribution in [1.82, 2.24) is 14.8 Å². The first-order chi connectivity index (χ1) is 15.1. The number of aromatic amines is 1. The molecule has 1 aromatic carbocycles. The van der Waals surface area contributed by atoms with Gasteiger partial charge in [0.15, 0.2) is 0 Å². The molecule has 2 heterocycles. The third kappa shape index (κ3) is 5.41. The summed E-state index contributed by atoms with van der Waals surface area (Å²) in [6.07, 6.45) is 6.60. The lowest BCUT2D eigenvalue weighted by molar-refractivity contribution is -0.134. The molecule has 31 heavy (non-hydrogen) atoms. The number of nitrogens with zero attached hydrogens (tertiary/aromatic N) is 2. The Morgan fingerprint density at radius 3 is 2.48 bits per heavy atom. The minimum Gasteiger partial charge on any atom is -0.370 e. The van der Waals surface area contributed by atoms with Crippen molar-refractivity contribution in [3.63, 3.8) is 0 Å². The summed E-state index contributed by atoms with van der Waals surface area (Å²) in [5.41, 5.74) is 1.15. The Morgan fingerprint density at radius 2 is 1.77 bits per heavy atom. The van der Waals surface area contributed by atoms with Gasteiger partial charge in [-0.3, -0.25) is 14.4 Å². The van der Waals surface area contributed by atoms with Crippen LogP contribution in [0.2, 0.25) is 0 Å². The van der Waals surface area contributed by atoms with E-state index in [9.17, 15) is 14.4 Å². The average molecular weight is 424 g/mol. The minimum absolute atomic E-state index is 0.0274. The molecule has 7 heteroatoms. The molecule has 1 N–H and O–H groups in total. The van der Waals surface area contributed by atoms with Gasteiger partial charge in [-0.1, -0.05) is 49.6 Å². The first kappa shape index (κ1) is 21.3. The van der Waals surface area contributed by atoms with Gasteiger partial charge >= 0.3 is 0 Å². The molecule has 0 spiro atoms. The quantitative estimate of drug-likeness (QED) is 0.801. The number of aromatic nitrogens is 1. The zero-order chi connectivity index (χ0) is 21.6. The number of hydrogen-bond donors (Lipinski definition) is 1. The number of hydrogen-bond acceptors (Lipinski definition) is 4. The van der Waals surface area contributed by atoms with Gasteiger partial charge in [-0.05, 0) is 24.5 Å². The zero-order valence-electron chi connectivity index (χ0n) is 17.7. The second kappa shape index (κ2) is 9.92. The second-order valence-electron chi connectivity index (χ2n) is 8.38. The lowest BCUT2D eigenvalue weighted by Crippen LogP contribution is -2.46. The van der Waals surface area contributed by atoms with Gasteiger partial charge < -0.3 is 19.5 Å². The van der Waals surface area contributed by atoms with Crippen LogP contribution in [0.25, 0.3) is 0 Å². The summed E-state index contributed by atoms with van der Waals surface area (Å²) in [5.74, 6) is -0.307. The highest BCUT2D eigenvalue weighted by molar-refractivity contribution is 5.96. The molecule has 2 aliphatic rings. The van der Waals surface area contributed by atoms with Crippen molar-refractivity contribution >= 4 is 11.8 Å². The third-order valence-electron chi connectivity index (χ3n) is 6.13. The molecule has 1 atom stereocenters. The summed E-state index contributed by atoms with van der Waals surface area (Å²) in [6, 6.07) is 12.9. The van der Waals surface area contributed by atoms with Crippen molar-refractivity contribution in [1.29, 1.82) is 0 Å². The highest BCUT2D eigenvalue weighted by atomic mass is 16.5. The first-order valence-electron chi connectivity index (χ1n) is 11.0. The molecule has 1 aromatic heterocycles. The summed E-state index contributed by atoms with van der Waals surface area (Å²) >= 11 is 0. The minimum atomic E-state index is -0.278. The van der Waals surface area contributed by atoms with Crippen LogP contribution in [0.3, 0.4) is 0 Å². The average Bonchev–Trinajstić information content (AvgIpc) is 2.98. The van der Waals surface area contributed by atoms with E-state index >= 15 is 0 Å². The molecule has 1 aliphatic carbocycles. The molecular formula is C24H29N3O4. The second-order valence-corrected chi connectivity index (χ2v) is 8.38. The van der Waals surface area contributed by atoms with E-state index < -0.39 is 0 Å².